The molecular formula is C17H20N4O5S. The number of hydrogen-bond donors (Lipinski definition) is 1. The molecule has 3 heterocycles. The van der Waals surface area contributed by atoms with Crippen molar-refractivity contribution in [2.75, 3.05) is 26.7 Å². The molecule has 0 saturated carbocycles. The van der Waals surface area contributed by atoms with Crippen molar-refractivity contribution >= 4 is 34.1 Å². The maximum Gasteiger partial charge on any atom is 0.308 e. The summed E-state index contributed by atoms with van der Waals surface area (Å²) in [6.45, 7) is 2.13. The van der Waals surface area contributed by atoms with Gasteiger partial charge in [-0.1, -0.05) is 0 Å². The van der Waals surface area contributed by atoms with Crippen LogP contribution in [0.2, 0.25) is 0 Å². The molecule has 1 aliphatic rings. The first kappa shape index (κ1) is 19.0. The highest BCUT2D eigenvalue weighted by Gasteiger charge is 2.29. The SMILES string of the molecule is Cc1csc2ncc(C(=O)N(C)CC(=O)N3CCCC(C(=O)O)C3)c(=O)n12. The summed E-state index contributed by atoms with van der Waals surface area (Å²) in [5.41, 5.74) is 0.118. The van der Waals surface area contributed by atoms with Crippen molar-refractivity contribution in [1.29, 1.82) is 0 Å². The number of aromatic nitrogens is 2. The van der Waals surface area contributed by atoms with Crippen LogP contribution in [0, 0.1) is 12.8 Å². The highest BCUT2D eigenvalue weighted by Crippen LogP contribution is 2.17. The molecule has 1 saturated heterocycles. The number of nitrogens with zero attached hydrogens (tertiary/aromatic N) is 4. The molecule has 10 heteroatoms. The van der Waals surface area contributed by atoms with Crippen LogP contribution in [0.5, 0.6) is 0 Å². The average Bonchev–Trinajstić information content (AvgIpc) is 3.03. The van der Waals surface area contributed by atoms with Crippen LogP contribution >= 0.6 is 11.3 Å². The predicted octanol–water partition coefficient (Wildman–Crippen LogP) is 0.460. The van der Waals surface area contributed by atoms with E-state index in [9.17, 15) is 19.2 Å². The number of aliphatic carboxylic acids is 1. The number of carboxylic acid groups (broad SMARTS) is 1. The van der Waals surface area contributed by atoms with E-state index in [-0.39, 0.29) is 24.6 Å². The zero-order chi connectivity index (χ0) is 19.7. The molecule has 1 aliphatic heterocycles. The van der Waals surface area contributed by atoms with Crippen LogP contribution in [0.15, 0.2) is 16.4 Å². The van der Waals surface area contributed by atoms with E-state index in [2.05, 4.69) is 4.98 Å². The number of rotatable bonds is 4. The Morgan fingerprint density at radius 1 is 1.41 bits per heavy atom. The van der Waals surface area contributed by atoms with E-state index < -0.39 is 23.4 Å². The highest BCUT2D eigenvalue weighted by molar-refractivity contribution is 7.15. The van der Waals surface area contributed by atoms with Crippen LogP contribution in [0.25, 0.3) is 4.96 Å². The van der Waals surface area contributed by atoms with Gasteiger partial charge in [0.1, 0.15) is 5.56 Å². The predicted molar refractivity (Wildman–Crippen MR) is 98.0 cm³/mol. The number of piperidine rings is 1. The van der Waals surface area contributed by atoms with Crippen LogP contribution in [0.3, 0.4) is 0 Å². The summed E-state index contributed by atoms with van der Waals surface area (Å²) in [4.78, 5) is 56.1. The molecule has 9 nitrogen and oxygen atoms in total. The van der Waals surface area contributed by atoms with Crippen LogP contribution in [-0.4, -0.2) is 68.8 Å². The Balaban J connectivity index is 1.73. The molecule has 2 amide bonds. The van der Waals surface area contributed by atoms with Crippen molar-refractivity contribution in [2.45, 2.75) is 19.8 Å². The van der Waals surface area contributed by atoms with Gasteiger partial charge in [0.05, 0.1) is 12.5 Å². The summed E-state index contributed by atoms with van der Waals surface area (Å²) in [5.74, 6) is -2.43. The number of thiazole rings is 1. The van der Waals surface area contributed by atoms with E-state index in [0.717, 1.165) is 0 Å². The van der Waals surface area contributed by atoms with Crippen LogP contribution in [0.4, 0.5) is 0 Å². The quantitative estimate of drug-likeness (QED) is 0.809. The number of amides is 2. The second-order valence-corrected chi connectivity index (χ2v) is 7.49. The lowest BCUT2D eigenvalue weighted by molar-refractivity contribution is -0.145. The topological polar surface area (TPSA) is 112 Å². The Morgan fingerprint density at radius 2 is 2.15 bits per heavy atom. The van der Waals surface area contributed by atoms with Crippen molar-refractivity contribution in [3.05, 3.63) is 33.2 Å². The number of carbonyl (C=O) groups is 3. The van der Waals surface area contributed by atoms with Gasteiger partial charge in [-0.3, -0.25) is 23.6 Å². The highest BCUT2D eigenvalue weighted by atomic mass is 32.1. The Labute approximate surface area is 158 Å². The molecule has 3 rings (SSSR count). The number of carboxylic acids is 1. The zero-order valence-electron chi connectivity index (χ0n) is 15.0. The molecule has 27 heavy (non-hydrogen) atoms. The van der Waals surface area contributed by atoms with E-state index in [1.807, 2.05) is 0 Å². The van der Waals surface area contributed by atoms with Crippen molar-refractivity contribution < 1.29 is 19.5 Å². The van der Waals surface area contributed by atoms with Gasteiger partial charge in [-0.2, -0.15) is 0 Å². The largest absolute Gasteiger partial charge is 0.481 e. The van der Waals surface area contributed by atoms with Crippen molar-refractivity contribution in [1.82, 2.24) is 19.2 Å². The third kappa shape index (κ3) is 3.70. The van der Waals surface area contributed by atoms with E-state index in [4.69, 9.17) is 5.11 Å². The maximum atomic E-state index is 12.6. The lowest BCUT2D eigenvalue weighted by Gasteiger charge is -2.32. The van der Waals surface area contributed by atoms with Gasteiger partial charge in [0.2, 0.25) is 5.91 Å². The smallest absolute Gasteiger partial charge is 0.308 e. The van der Waals surface area contributed by atoms with Gasteiger partial charge in [0.25, 0.3) is 11.5 Å². The number of carbonyl (C=O) groups excluding carboxylic acids is 2. The molecule has 2 aromatic heterocycles. The van der Waals surface area contributed by atoms with Gasteiger partial charge in [-0.15, -0.1) is 11.3 Å². The van der Waals surface area contributed by atoms with E-state index in [0.29, 0.717) is 30.0 Å². The van der Waals surface area contributed by atoms with Crippen molar-refractivity contribution in [2.24, 2.45) is 5.92 Å². The molecule has 2 aromatic rings. The summed E-state index contributed by atoms with van der Waals surface area (Å²) < 4.78 is 1.37. The number of aryl methyl sites for hydroxylation is 1. The third-order valence-electron chi connectivity index (χ3n) is 4.69. The first-order chi connectivity index (χ1) is 12.8. The molecule has 1 N–H and O–H groups in total. The van der Waals surface area contributed by atoms with E-state index in [1.54, 1.807) is 12.3 Å². The fourth-order valence-corrected chi connectivity index (χ4v) is 3.98. The van der Waals surface area contributed by atoms with E-state index in [1.165, 1.54) is 38.8 Å². The summed E-state index contributed by atoms with van der Waals surface area (Å²) in [5, 5.41) is 10.9. The molecule has 0 spiro atoms. The minimum atomic E-state index is -0.921. The Morgan fingerprint density at radius 3 is 2.85 bits per heavy atom. The second-order valence-electron chi connectivity index (χ2n) is 6.65. The fraction of sp³-hybridized carbons (Fsp3) is 0.471. The Hall–Kier alpha value is -2.75. The zero-order valence-corrected chi connectivity index (χ0v) is 15.9. The summed E-state index contributed by atoms with van der Waals surface area (Å²) in [6.07, 6.45) is 2.38. The number of likely N-dealkylation sites (N-methyl/N-ethyl adjacent to an activating group) is 1. The van der Waals surface area contributed by atoms with E-state index >= 15 is 0 Å². The molecule has 1 atom stereocenters. The molecule has 144 valence electrons. The Bertz CT molecular complexity index is 966. The van der Waals surface area contributed by atoms with Crippen molar-refractivity contribution in [3.63, 3.8) is 0 Å². The van der Waals surface area contributed by atoms with Crippen LogP contribution < -0.4 is 5.56 Å². The molecule has 1 fully saturated rings. The second kappa shape index (κ2) is 7.47. The summed E-state index contributed by atoms with van der Waals surface area (Å²) >= 11 is 1.31. The van der Waals surface area contributed by atoms with Crippen molar-refractivity contribution in [3.8, 4) is 0 Å². The van der Waals surface area contributed by atoms with Crippen LogP contribution in [0.1, 0.15) is 28.9 Å². The monoisotopic (exact) mass is 392 g/mol. The van der Waals surface area contributed by atoms with Gasteiger partial charge in [0.15, 0.2) is 4.96 Å². The summed E-state index contributed by atoms with van der Waals surface area (Å²) in [6, 6.07) is 0. The van der Waals surface area contributed by atoms with Gasteiger partial charge in [0, 0.05) is 37.4 Å². The third-order valence-corrected chi connectivity index (χ3v) is 5.65. The Kier molecular flexibility index (Phi) is 5.26. The first-order valence-corrected chi connectivity index (χ1v) is 9.39. The lowest BCUT2D eigenvalue weighted by atomic mass is 9.98. The van der Waals surface area contributed by atoms with Gasteiger partial charge in [-0.05, 0) is 19.8 Å². The van der Waals surface area contributed by atoms with Gasteiger partial charge >= 0.3 is 5.97 Å². The minimum absolute atomic E-state index is 0.105. The molecule has 0 aromatic carbocycles. The maximum absolute atomic E-state index is 12.6. The fourth-order valence-electron chi connectivity index (χ4n) is 3.16. The minimum Gasteiger partial charge on any atom is -0.481 e. The normalized spacial score (nSPS) is 17.1. The molecule has 0 bridgehead atoms. The van der Waals surface area contributed by atoms with Gasteiger partial charge in [-0.25, -0.2) is 4.98 Å². The first-order valence-electron chi connectivity index (χ1n) is 8.51. The lowest BCUT2D eigenvalue weighted by Crippen LogP contribution is -2.47. The van der Waals surface area contributed by atoms with Gasteiger partial charge < -0.3 is 14.9 Å². The molecule has 1 unspecified atom stereocenters. The average molecular weight is 392 g/mol. The van der Waals surface area contributed by atoms with Crippen LogP contribution in [-0.2, 0) is 9.59 Å². The summed E-state index contributed by atoms with van der Waals surface area (Å²) in [7, 11) is 1.44. The number of likely N-dealkylation sites (tertiary alicyclic amines) is 1. The molecule has 0 radical (unpaired) electrons. The number of fused-ring (bicyclic) bond motifs is 1. The molecular weight excluding hydrogens is 372 g/mol. The molecule has 0 aliphatic carbocycles. The standard InChI is InChI=1S/C17H20N4O5S/c1-10-9-27-17-18-6-12(15(24)21(10)17)14(23)19(2)8-13(22)20-5-3-4-11(7-20)16(25)26/h6,9,11H,3-5,7-8H2,1-2H3,(H,25,26). The number of hydrogen-bond acceptors (Lipinski definition) is 6.